The first kappa shape index (κ1) is 13.6. The van der Waals surface area contributed by atoms with E-state index in [1.807, 2.05) is 0 Å². The van der Waals surface area contributed by atoms with E-state index in [4.69, 9.17) is 11.1 Å². The second kappa shape index (κ2) is 5.27. The largest absolute Gasteiger partial charge is 0.399 e. The Kier molecular flexibility index (Phi) is 4.49. The highest BCUT2D eigenvalue weighted by Crippen LogP contribution is 2.29. The molecule has 94 valence electrons. The third-order valence-corrected chi connectivity index (χ3v) is 3.91. The molecule has 1 aliphatic heterocycles. The molecule has 2 unspecified atom stereocenters. The van der Waals surface area contributed by atoms with Crippen molar-refractivity contribution in [2.45, 2.75) is 18.6 Å². The topological polar surface area (TPSA) is 53.1 Å². The fraction of sp³-hybridized carbons (Fsp3) is 0.889. The fourth-order valence-corrected chi connectivity index (χ4v) is 2.98. The molecular formula is C9H16F3N3S. The van der Waals surface area contributed by atoms with E-state index in [0.29, 0.717) is 0 Å². The summed E-state index contributed by atoms with van der Waals surface area (Å²) in [5, 5.41) is 7.00. The Bertz CT molecular complexity index is 251. The third kappa shape index (κ3) is 3.55. The molecule has 1 heterocycles. The molecule has 1 saturated heterocycles. The van der Waals surface area contributed by atoms with Gasteiger partial charge in [0.2, 0.25) is 0 Å². The van der Waals surface area contributed by atoms with Crippen molar-refractivity contribution in [2.75, 3.05) is 25.1 Å². The highest BCUT2D eigenvalue weighted by molar-refractivity contribution is 7.99. The first-order valence-electron chi connectivity index (χ1n) is 5.01. The molecule has 0 aromatic heterocycles. The molecule has 3 nitrogen and oxygen atoms in total. The Hall–Kier alpha value is -0.430. The van der Waals surface area contributed by atoms with Gasteiger partial charge in [-0.05, 0) is 19.2 Å². The Morgan fingerprint density at radius 2 is 2.25 bits per heavy atom. The second-order valence-corrected chi connectivity index (χ2v) is 5.16. The van der Waals surface area contributed by atoms with Crippen LogP contribution in [-0.4, -0.2) is 48.1 Å². The zero-order valence-electron chi connectivity index (χ0n) is 9.05. The molecule has 0 radical (unpaired) electrons. The summed E-state index contributed by atoms with van der Waals surface area (Å²) in [5.74, 6) is -0.793. The van der Waals surface area contributed by atoms with E-state index in [9.17, 15) is 13.2 Å². The molecule has 0 bridgehead atoms. The summed E-state index contributed by atoms with van der Waals surface area (Å²) in [4.78, 5) is 1.67. The molecule has 0 aromatic rings. The summed E-state index contributed by atoms with van der Waals surface area (Å²) in [6, 6.07) is 0.175. The lowest BCUT2D eigenvalue weighted by Crippen LogP contribution is -2.45. The monoisotopic (exact) mass is 255 g/mol. The van der Waals surface area contributed by atoms with Crippen molar-refractivity contribution in [3.8, 4) is 0 Å². The number of nitrogens with one attached hydrogen (secondary N) is 1. The van der Waals surface area contributed by atoms with Crippen molar-refractivity contribution in [3.05, 3.63) is 0 Å². The van der Waals surface area contributed by atoms with E-state index in [1.54, 1.807) is 23.7 Å². The van der Waals surface area contributed by atoms with Gasteiger partial charge in [0.1, 0.15) is 11.8 Å². The predicted molar refractivity (Wildman–Crippen MR) is 59.8 cm³/mol. The molecule has 0 aromatic carbocycles. The lowest BCUT2D eigenvalue weighted by atomic mass is 10.1. The number of rotatable bonds is 4. The van der Waals surface area contributed by atoms with Crippen molar-refractivity contribution in [1.82, 2.24) is 4.90 Å². The van der Waals surface area contributed by atoms with Crippen molar-refractivity contribution in [1.29, 1.82) is 5.41 Å². The average Bonchev–Trinajstić information content (AvgIpc) is 2.63. The quantitative estimate of drug-likeness (QED) is 0.592. The number of hydrogen-bond acceptors (Lipinski definition) is 3. The Morgan fingerprint density at radius 1 is 1.62 bits per heavy atom. The summed E-state index contributed by atoms with van der Waals surface area (Å²) in [6.45, 7) is -0.218. The molecule has 3 N–H and O–H groups in total. The van der Waals surface area contributed by atoms with Gasteiger partial charge >= 0.3 is 6.18 Å². The maximum atomic E-state index is 12.6. The van der Waals surface area contributed by atoms with Gasteiger partial charge in [-0.2, -0.15) is 24.9 Å². The van der Waals surface area contributed by atoms with Gasteiger partial charge in [-0.1, -0.05) is 0 Å². The third-order valence-electron chi connectivity index (χ3n) is 2.77. The predicted octanol–water partition coefficient (Wildman–Crippen LogP) is 1.54. The highest BCUT2D eigenvalue weighted by atomic mass is 32.2. The van der Waals surface area contributed by atoms with Crippen LogP contribution in [0.3, 0.4) is 0 Å². The summed E-state index contributed by atoms with van der Waals surface area (Å²) in [5.41, 5.74) is 5.00. The van der Waals surface area contributed by atoms with Crippen LogP contribution in [0.1, 0.15) is 6.42 Å². The van der Waals surface area contributed by atoms with Crippen LogP contribution < -0.4 is 5.73 Å². The van der Waals surface area contributed by atoms with Gasteiger partial charge in [-0.25, -0.2) is 0 Å². The molecular weight excluding hydrogens is 239 g/mol. The van der Waals surface area contributed by atoms with Gasteiger partial charge in [-0.3, -0.25) is 5.41 Å². The fourth-order valence-electron chi connectivity index (χ4n) is 1.68. The number of amidine groups is 1. The summed E-state index contributed by atoms with van der Waals surface area (Å²) in [6.07, 6.45) is -3.52. The molecule has 0 saturated carbocycles. The van der Waals surface area contributed by atoms with Crippen LogP contribution >= 0.6 is 11.8 Å². The molecule has 0 amide bonds. The van der Waals surface area contributed by atoms with Crippen molar-refractivity contribution >= 4 is 17.6 Å². The Labute approximate surface area is 97.1 Å². The van der Waals surface area contributed by atoms with Crippen LogP contribution in [0, 0.1) is 11.3 Å². The SMILES string of the molecule is CN(CC(C(=N)N)C(F)(F)F)C1CCSC1. The average molecular weight is 255 g/mol. The van der Waals surface area contributed by atoms with Gasteiger partial charge in [0.25, 0.3) is 0 Å². The van der Waals surface area contributed by atoms with Gasteiger partial charge < -0.3 is 10.6 Å². The van der Waals surface area contributed by atoms with Crippen LogP contribution in [-0.2, 0) is 0 Å². The maximum absolute atomic E-state index is 12.6. The normalized spacial score (nSPS) is 23.7. The zero-order chi connectivity index (χ0) is 12.3. The van der Waals surface area contributed by atoms with E-state index in [2.05, 4.69) is 0 Å². The minimum atomic E-state index is -4.42. The standard InChI is InChI=1S/C9H16F3N3S/c1-15(6-2-3-16-5-6)4-7(8(13)14)9(10,11)12/h6-7H,2-5H2,1H3,(H3,13,14). The second-order valence-electron chi connectivity index (χ2n) is 4.01. The number of hydrogen-bond donors (Lipinski definition) is 2. The van der Waals surface area contributed by atoms with Crippen molar-refractivity contribution < 1.29 is 13.2 Å². The minimum absolute atomic E-state index is 0.175. The number of halogens is 3. The highest BCUT2D eigenvalue weighted by Gasteiger charge is 2.43. The van der Waals surface area contributed by atoms with Crippen LogP contribution in [0.4, 0.5) is 13.2 Å². The molecule has 7 heteroatoms. The van der Waals surface area contributed by atoms with Gasteiger partial charge in [0.05, 0.1) is 0 Å². The van der Waals surface area contributed by atoms with Crippen LogP contribution in [0.15, 0.2) is 0 Å². The van der Waals surface area contributed by atoms with Crippen LogP contribution in [0.5, 0.6) is 0 Å². The van der Waals surface area contributed by atoms with Gasteiger partial charge in [0, 0.05) is 18.3 Å². The molecule has 0 spiro atoms. The van der Waals surface area contributed by atoms with E-state index in [0.717, 1.165) is 17.9 Å². The van der Waals surface area contributed by atoms with E-state index < -0.39 is 17.9 Å². The molecule has 1 fully saturated rings. The zero-order valence-corrected chi connectivity index (χ0v) is 9.87. The van der Waals surface area contributed by atoms with Crippen molar-refractivity contribution in [3.63, 3.8) is 0 Å². The maximum Gasteiger partial charge on any atom is 0.399 e. The molecule has 2 atom stereocenters. The molecule has 0 aliphatic carbocycles. The first-order chi connectivity index (χ1) is 7.32. The van der Waals surface area contributed by atoms with Gasteiger partial charge in [-0.15, -0.1) is 0 Å². The van der Waals surface area contributed by atoms with E-state index >= 15 is 0 Å². The molecule has 1 aliphatic rings. The number of thioether (sulfide) groups is 1. The minimum Gasteiger partial charge on any atom is -0.387 e. The first-order valence-corrected chi connectivity index (χ1v) is 6.16. The lowest BCUT2D eigenvalue weighted by Gasteiger charge is -2.28. The van der Waals surface area contributed by atoms with Crippen LogP contribution in [0.25, 0.3) is 0 Å². The van der Waals surface area contributed by atoms with Crippen molar-refractivity contribution in [2.24, 2.45) is 11.7 Å². The Balaban J connectivity index is 2.57. The number of nitrogens with zero attached hydrogens (tertiary/aromatic N) is 1. The summed E-state index contributed by atoms with van der Waals surface area (Å²) < 4.78 is 37.7. The smallest absolute Gasteiger partial charge is 0.387 e. The summed E-state index contributed by atoms with van der Waals surface area (Å²) >= 11 is 1.75. The number of nitrogens with two attached hydrogens (primary N) is 1. The number of alkyl halides is 3. The Morgan fingerprint density at radius 3 is 2.62 bits per heavy atom. The molecule has 1 rings (SSSR count). The van der Waals surface area contributed by atoms with E-state index in [1.165, 1.54) is 0 Å². The molecule has 16 heavy (non-hydrogen) atoms. The van der Waals surface area contributed by atoms with Crippen LogP contribution in [0.2, 0.25) is 0 Å². The lowest BCUT2D eigenvalue weighted by molar-refractivity contribution is -0.160. The summed E-state index contributed by atoms with van der Waals surface area (Å²) in [7, 11) is 1.66. The van der Waals surface area contributed by atoms with Gasteiger partial charge in [0.15, 0.2) is 0 Å². The van der Waals surface area contributed by atoms with E-state index in [-0.39, 0.29) is 12.6 Å².